The van der Waals surface area contributed by atoms with Gasteiger partial charge in [0.25, 0.3) is 0 Å². The molecule has 0 atom stereocenters. The Labute approximate surface area is 145 Å². The molecule has 2 aromatic rings. The monoisotopic (exact) mass is 346 g/mol. The Morgan fingerprint density at radius 2 is 2.12 bits per heavy atom. The number of likely N-dealkylation sites (tertiary alicyclic amines) is 1. The first kappa shape index (κ1) is 17.1. The van der Waals surface area contributed by atoms with E-state index < -0.39 is 0 Å². The highest BCUT2D eigenvalue weighted by atomic mass is 16.5. The molecule has 9 nitrogen and oxygen atoms in total. The second-order valence-electron chi connectivity index (χ2n) is 5.93. The third-order valence-corrected chi connectivity index (χ3v) is 4.11. The summed E-state index contributed by atoms with van der Waals surface area (Å²) in [6.07, 6.45) is 2.44. The maximum absolute atomic E-state index is 11.6. The number of aryl methyl sites for hydroxylation is 2. The van der Waals surface area contributed by atoms with Crippen molar-refractivity contribution in [1.29, 1.82) is 0 Å². The minimum absolute atomic E-state index is 0.224. The number of hydrogen-bond donors (Lipinski definition) is 1. The summed E-state index contributed by atoms with van der Waals surface area (Å²) in [6, 6.07) is 0.224. The highest BCUT2D eigenvalue weighted by Crippen LogP contribution is 2.25. The van der Waals surface area contributed by atoms with Crippen LogP contribution in [-0.2, 0) is 4.79 Å². The largest absolute Gasteiger partial charge is 0.467 e. The van der Waals surface area contributed by atoms with Crippen LogP contribution >= 0.6 is 0 Å². The summed E-state index contributed by atoms with van der Waals surface area (Å²) in [7, 11) is 1.51. The molecule has 25 heavy (non-hydrogen) atoms. The van der Waals surface area contributed by atoms with Gasteiger partial charge in [-0.25, -0.2) is 0 Å². The fraction of sp³-hybridized carbons (Fsp3) is 0.562. The number of methoxy groups -OCH3 is 1. The predicted molar refractivity (Wildman–Crippen MR) is 90.3 cm³/mol. The zero-order chi connectivity index (χ0) is 17.8. The molecule has 1 fully saturated rings. The topological polar surface area (TPSA) is 106 Å². The van der Waals surface area contributed by atoms with Gasteiger partial charge in [-0.3, -0.25) is 4.79 Å². The summed E-state index contributed by atoms with van der Waals surface area (Å²) < 4.78 is 10.3. The molecule has 3 heterocycles. The Morgan fingerprint density at radius 1 is 1.28 bits per heavy atom. The summed E-state index contributed by atoms with van der Waals surface area (Å²) in [5, 5.41) is 7.10. The van der Waals surface area contributed by atoms with E-state index in [1.807, 2.05) is 18.7 Å². The Morgan fingerprint density at radius 3 is 2.76 bits per heavy atom. The Hall–Kier alpha value is -2.71. The fourth-order valence-corrected chi connectivity index (χ4v) is 2.85. The molecule has 1 aliphatic heterocycles. The molecule has 0 unspecified atom stereocenters. The Balaban J connectivity index is 1.67. The summed E-state index contributed by atoms with van der Waals surface area (Å²) in [4.78, 5) is 26.4. The summed E-state index contributed by atoms with van der Waals surface area (Å²) >= 11 is 0. The van der Waals surface area contributed by atoms with Crippen molar-refractivity contribution in [1.82, 2.24) is 25.0 Å². The van der Waals surface area contributed by atoms with Crippen LogP contribution in [0.1, 0.15) is 30.7 Å². The molecule has 1 aliphatic rings. The van der Waals surface area contributed by atoms with Crippen LogP contribution in [0.3, 0.4) is 0 Å². The molecule has 0 aromatic carbocycles. The average Bonchev–Trinajstić information content (AvgIpc) is 3.16. The first-order valence-electron chi connectivity index (χ1n) is 8.33. The highest BCUT2D eigenvalue weighted by molar-refractivity contribution is 5.78. The van der Waals surface area contributed by atoms with E-state index in [2.05, 4.69) is 25.4 Å². The van der Waals surface area contributed by atoms with Gasteiger partial charge in [-0.15, -0.1) is 0 Å². The quantitative estimate of drug-likeness (QED) is 0.753. The third kappa shape index (κ3) is 3.86. The van der Waals surface area contributed by atoms with Crippen molar-refractivity contribution in [3.8, 4) is 17.4 Å². The zero-order valence-electron chi connectivity index (χ0n) is 14.7. The minimum atomic E-state index is 0.224. The molecule has 2 aromatic heterocycles. The average molecular weight is 346 g/mol. The lowest BCUT2D eigenvalue weighted by Crippen LogP contribution is -2.27. The number of nitrogens with one attached hydrogen (secondary N) is 1. The number of nitrogens with zero attached hydrogens (tertiary/aromatic N) is 5. The zero-order valence-corrected chi connectivity index (χ0v) is 14.7. The first-order chi connectivity index (χ1) is 12.1. The van der Waals surface area contributed by atoms with Crippen molar-refractivity contribution in [2.75, 3.05) is 32.1 Å². The molecular weight excluding hydrogens is 324 g/mol. The lowest BCUT2D eigenvalue weighted by molar-refractivity contribution is -0.127. The van der Waals surface area contributed by atoms with Crippen LogP contribution in [0.15, 0.2) is 4.52 Å². The molecule has 134 valence electrons. The van der Waals surface area contributed by atoms with Gasteiger partial charge in [-0.2, -0.15) is 15.0 Å². The molecular formula is C16H22N6O3. The summed E-state index contributed by atoms with van der Waals surface area (Å²) in [5.74, 6) is 1.77. The Bertz CT molecular complexity index is 741. The van der Waals surface area contributed by atoms with E-state index in [0.717, 1.165) is 31.5 Å². The molecule has 0 bridgehead atoms. The number of carbonyl (C=O) groups is 1. The lowest BCUT2D eigenvalue weighted by atomic mass is 10.2. The SMILES string of the molecule is COc1nc(NCCCN2CCCC2=O)nc(-c2c(C)noc2C)n1. The second kappa shape index (κ2) is 7.45. The van der Waals surface area contributed by atoms with Crippen LogP contribution in [-0.4, -0.2) is 57.7 Å². The van der Waals surface area contributed by atoms with Crippen molar-refractivity contribution in [2.45, 2.75) is 33.1 Å². The van der Waals surface area contributed by atoms with Gasteiger partial charge in [0.05, 0.1) is 18.4 Å². The molecule has 0 saturated carbocycles. The van der Waals surface area contributed by atoms with E-state index in [-0.39, 0.29) is 11.9 Å². The number of hydrogen-bond acceptors (Lipinski definition) is 8. The van der Waals surface area contributed by atoms with Crippen LogP contribution in [0.2, 0.25) is 0 Å². The molecule has 1 amide bonds. The second-order valence-corrected chi connectivity index (χ2v) is 5.93. The molecule has 0 spiro atoms. The third-order valence-electron chi connectivity index (χ3n) is 4.11. The highest BCUT2D eigenvalue weighted by Gasteiger charge is 2.19. The number of amides is 1. The van der Waals surface area contributed by atoms with Crippen molar-refractivity contribution in [3.63, 3.8) is 0 Å². The number of rotatable bonds is 7. The van der Waals surface area contributed by atoms with Gasteiger partial charge in [0, 0.05) is 26.1 Å². The lowest BCUT2D eigenvalue weighted by Gasteiger charge is -2.15. The molecule has 3 rings (SSSR count). The summed E-state index contributed by atoms with van der Waals surface area (Å²) in [5.41, 5.74) is 1.45. The number of carbonyl (C=O) groups excluding carboxylic acids is 1. The van der Waals surface area contributed by atoms with Crippen molar-refractivity contribution >= 4 is 11.9 Å². The molecule has 0 aliphatic carbocycles. The van der Waals surface area contributed by atoms with E-state index in [1.165, 1.54) is 7.11 Å². The van der Waals surface area contributed by atoms with Gasteiger partial charge in [-0.1, -0.05) is 5.16 Å². The van der Waals surface area contributed by atoms with Crippen LogP contribution in [0.25, 0.3) is 11.4 Å². The standard InChI is InChI=1S/C16H22N6O3/c1-10-13(11(2)25-21-10)14-18-15(20-16(19-14)24-3)17-7-5-9-22-8-4-6-12(22)23/h4-9H2,1-3H3,(H,17,18,19,20). The fourth-order valence-electron chi connectivity index (χ4n) is 2.85. The van der Waals surface area contributed by atoms with Crippen LogP contribution in [0.4, 0.5) is 5.95 Å². The maximum Gasteiger partial charge on any atom is 0.321 e. The minimum Gasteiger partial charge on any atom is -0.467 e. The van der Waals surface area contributed by atoms with E-state index in [4.69, 9.17) is 9.26 Å². The van der Waals surface area contributed by atoms with Crippen LogP contribution < -0.4 is 10.1 Å². The maximum atomic E-state index is 11.6. The van der Waals surface area contributed by atoms with E-state index in [1.54, 1.807) is 0 Å². The predicted octanol–water partition coefficient (Wildman–Crippen LogP) is 1.58. The van der Waals surface area contributed by atoms with Gasteiger partial charge < -0.3 is 19.5 Å². The van der Waals surface area contributed by atoms with Crippen molar-refractivity contribution in [2.24, 2.45) is 0 Å². The Kier molecular flexibility index (Phi) is 5.11. The van der Waals surface area contributed by atoms with Crippen LogP contribution in [0, 0.1) is 13.8 Å². The first-order valence-corrected chi connectivity index (χ1v) is 8.33. The smallest absolute Gasteiger partial charge is 0.321 e. The van der Waals surface area contributed by atoms with Gasteiger partial charge >= 0.3 is 6.01 Å². The molecule has 0 radical (unpaired) electrons. The van der Waals surface area contributed by atoms with Gasteiger partial charge in [0.15, 0.2) is 5.82 Å². The molecule has 1 saturated heterocycles. The van der Waals surface area contributed by atoms with Gasteiger partial charge in [0.1, 0.15) is 5.76 Å². The summed E-state index contributed by atoms with van der Waals surface area (Å²) in [6.45, 7) is 5.89. The van der Waals surface area contributed by atoms with Gasteiger partial charge in [0.2, 0.25) is 11.9 Å². The normalized spacial score (nSPS) is 14.2. The number of ether oxygens (including phenoxy) is 1. The van der Waals surface area contributed by atoms with Crippen molar-refractivity contribution in [3.05, 3.63) is 11.5 Å². The van der Waals surface area contributed by atoms with E-state index >= 15 is 0 Å². The van der Waals surface area contributed by atoms with E-state index in [0.29, 0.717) is 36.2 Å². The number of anilines is 1. The number of aromatic nitrogens is 4. The van der Waals surface area contributed by atoms with Crippen molar-refractivity contribution < 1.29 is 14.1 Å². The van der Waals surface area contributed by atoms with E-state index in [9.17, 15) is 4.79 Å². The molecule has 1 N–H and O–H groups in total. The van der Waals surface area contributed by atoms with Crippen LogP contribution in [0.5, 0.6) is 6.01 Å². The molecule has 9 heteroatoms. The van der Waals surface area contributed by atoms with Gasteiger partial charge in [-0.05, 0) is 26.7 Å².